The van der Waals surface area contributed by atoms with Gasteiger partial charge in [-0.05, 0) is 53.2 Å². The predicted octanol–water partition coefficient (Wildman–Crippen LogP) is 3.31. The highest BCUT2D eigenvalue weighted by atomic mass is 79.9. The molecule has 2 bridgehead atoms. The fraction of sp³-hybridized carbons (Fsp3) is 0.462. The Balaban J connectivity index is 2.01. The van der Waals surface area contributed by atoms with E-state index in [1.807, 2.05) is 12.1 Å². The molecule has 82 valence electrons. The van der Waals surface area contributed by atoms with Crippen LogP contribution in [0.2, 0.25) is 0 Å². The number of rotatable bonds is 1. The summed E-state index contributed by atoms with van der Waals surface area (Å²) in [6.07, 6.45) is 3.98. The number of hydrogen-bond donors (Lipinski definition) is 0. The van der Waals surface area contributed by atoms with Gasteiger partial charge in [0, 0.05) is 17.1 Å². The van der Waals surface area contributed by atoms with E-state index >= 15 is 0 Å². The molecule has 0 radical (unpaired) electrons. The second-order valence-electron chi connectivity index (χ2n) is 4.73. The zero-order valence-corrected chi connectivity index (χ0v) is 10.6. The van der Waals surface area contributed by atoms with Gasteiger partial charge in [0.05, 0.1) is 11.3 Å². The summed E-state index contributed by atoms with van der Waals surface area (Å²) in [5.74, 6) is 0.857. The van der Waals surface area contributed by atoms with Crippen LogP contribution in [0.1, 0.15) is 24.8 Å². The lowest BCUT2D eigenvalue weighted by molar-refractivity contribution is 0.553. The summed E-state index contributed by atoms with van der Waals surface area (Å²) in [6, 6.07) is 9.02. The topological polar surface area (TPSA) is 27.0 Å². The molecule has 0 aromatic heterocycles. The second-order valence-corrected chi connectivity index (χ2v) is 5.59. The molecule has 2 nitrogen and oxygen atoms in total. The maximum absolute atomic E-state index is 9.22. The number of benzene rings is 1. The Hall–Kier alpha value is -1.01. The van der Waals surface area contributed by atoms with Gasteiger partial charge in [0.2, 0.25) is 0 Å². The van der Waals surface area contributed by atoms with E-state index in [-0.39, 0.29) is 0 Å². The fourth-order valence-electron chi connectivity index (χ4n) is 3.08. The monoisotopic (exact) mass is 276 g/mol. The molecule has 2 unspecified atom stereocenters. The van der Waals surface area contributed by atoms with Crippen LogP contribution >= 0.6 is 15.9 Å². The van der Waals surface area contributed by atoms with Crippen LogP contribution in [0.5, 0.6) is 0 Å². The highest BCUT2D eigenvalue weighted by molar-refractivity contribution is 9.10. The van der Waals surface area contributed by atoms with Crippen molar-refractivity contribution in [2.45, 2.75) is 25.3 Å². The van der Waals surface area contributed by atoms with Crippen LogP contribution in [-0.4, -0.2) is 12.6 Å². The van der Waals surface area contributed by atoms with Crippen molar-refractivity contribution in [3.8, 4) is 6.07 Å². The molecular weight excluding hydrogens is 264 g/mol. The van der Waals surface area contributed by atoms with Crippen molar-refractivity contribution in [2.75, 3.05) is 11.4 Å². The Morgan fingerprint density at radius 1 is 1.38 bits per heavy atom. The molecule has 1 aromatic carbocycles. The van der Waals surface area contributed by atoms with Gasteiger partial charge >= 0.3 is 0 Å². The normalized spacial score (nSPS) is 27.1. The zero-order chi connectivity index (χ0) is 11.1. The van der Waals surface area contributed by atoms with Crippen LogP contribution in [-0.2, 0) is 0 Å². The van der Waals surface area contributed by atoms with Crippen LogP contribution in [0.4, 0.5) is 5.69 Å². The first-order valence-electron chi connectivity index (χ1n) is 5.75. The van der Waals surface area contributed by atoms with E-state index in [4.69, 9.17) is 0 Å². The van der Waals surface area contributed by atoms with Crippen LogP contribution < -0.4 is 4.90 Å². The molecule has 3 heteroatoms. The Morgan fingerprint density at radius 2 is 2.25 bits per heavy atom. The molecule has 3 rings (SSSR count). The van der Waals surface area contributed by atoms with Gasteiger partial charge in [-0.3, -0.25) is 0 Å². The molecular formula is C13H13BrN2. The number of anilines is 1. The number of piperidine rings is 1. The van der Waals surface area contributed by atoms with E-state index < -0.39 is 0 Å². The highest BCUT2D eigenvalue weighted by Gasteiger charge is 2.38. The lowest BCUT2D eigenvalue weighted by Gasteiger charge is -2.30. The van der Waals surface area contributed by atoms with Crippen molar-refractivity contribution >= 4 is 21.6 Å². The van der Waals surface area contributed by atoms with Gasteiger partial charge in [0.15, 0.2) is 0 Å². The summed E-state index contributed by atoms with van der Waals surface area (Å²) in [7, 11) is 0. The third-order valence-electron chi connectivity index (χ3n) is 3.82. The minimum Gasteiger partial charge on any atom is -0.367 e. The molecule has 2 atom stereocenters. The van der Waals surface area contributed by atoms with Crippen LogP contribution in [0.25, 0.3) is 0 Å². The van der Waals surface area contributed by atoms with Crippen molar-refractivity contribution in [1.82, 2.24) is 0 Å². The largest absolute Gasteiger partial charge is 0.367 e. The van der Waals surface area contributed by atoms with E-state index in [9.17, 15) is 5.26 Å². The first-order valence-corrected chi connectivity index (χ1v) is 6.54. The minimum absolute atomic E-state index is 0.673. The van der Waals surface area contributed by atoms with E-state index in [0.29, 0.717) is 6.04 Å². The quantitative estimate of drug-likeness (QED) is 0.787. The summed E-state index contributed by atoms with van der Waals surface area (Å²) in [4.78, 5) is 2.43. The first kappa shape index (κ1) is 10.2. The minimum atomic E-state index is 0.673. The summed E-state index contributed by atoms with van der Waals surface area (Å²) in [5, 5.41) is 9.22. The molecule has 16 heavy (non-hydrogen) atoms. The van der Waals surface area contributed by atoms with Gasteiger partial charge < -0.3 is 4.90 Å². The summed E-state index contributed by atoms with van der Waals surface area (Å²) in [5.41, 5.74) is 1.90. The fourth-order valence-corrected chi connectivity index (χ4v) is 3.53. The maximum Gasteiger partial charge on any atom is 0.103 e. The molecule has 0 spiro atoms. The zero-order valence-electron chi connectivity index (χ0n) is 8.99. The number of fused-ring (bicyclic) bond motifs is 2. The average molecular weight is 277 g/mol. The van der Waals surface area contributed by atoms with Crippen molar-refractivity contribution in [2.24, 2.45) is 5.92 Å². The maximum atomic E-state index is 9.22. The van der Waals surface area contributed by atoms with Crippen molar-refractivity contribution in [1.29, 1.82) is 5.26 Å². The number of hydrogen-bond acceptors (Lipinski definition) is 2. The van der Waals surface area contributed by atoms with Crippen molar-refractivity contribution < 1.29 is 0 Å². The van der Waals surface area contributed by atoms with E-state index in [2.05, 4.69) is 33.0 Å². The molecule has 1 aliphatic carbocycles. The summed E-state index contributed by atoms with van der Waals surface area (Å²) < 4.78 is 0.912. The molecule has 2 aliphatic rings. The van der Waals surface area contributed by atoms with Gasteiger partial charge in [0.25, 0.3) is 0 Å². The van der Waals surface area contributed by atoms with E-state index in [1.165, 1.54) is 19.3 Å². The third-order valence-corrected chi connectivity index (χ3v) is 4.48. The van der Waals surface area contributed by atoms with Crippen molar-refractivity contribution in [3.63, 3.8) is 0 Å². The molecule has 1 saturated carbocycles. The smallest absolute Gasteiger partial charge is 0.103 e. The SMILES string of the molecule is N#Cc1c(Br)cccc1N1CC2CCC1C2. The van der Waals surface area contributed by atoms with Crippen LogP contribution in [0.15, 0.2) is 22.7 Å². The lowest BCUT2D eigenvalue weighted by Crippen LogP contribution is -2.32. The molecule has 1 aromatic rings. The molecule has 1 aliphatic heterocycles. The second kappa shape index (κ2) is 3.78. The Labute approximate surface area is 104 Å². The van der Waals surface area contributed by atoms with Gasteiger partial charge in [-0.2, -0.15) is 5.26 Å². The standard InChI is InChI=1S/C13H13BrN2/c14-12-2-1-3-13(11(12)7-15)16-8-9-4-5-10(16)6-9/h1-3,9-10H,4-6,8H2. The Morgan fingerprint density at radius 3 is 2.88 bits per heavy atom. The van der Waals surface area contributed by atoms with Gasteiger partial charge in [0.1, 0.15) is 6.07 Å². The Kier molecular flexibility index (Phi) is 2.40. The van der Waals surface area contributed by atoms with E-state index in [1.54, 1.807) is 0 Å². The molecule has 1 heterocycles. The lowest BCUT2D eigenvalue weighted by atomic mass is 10.1. The number of nitriles is 1. The summed E-state index contributed by atoms with van der Waals surface area (Å²) >= 11 is 3.46. The van der Waals surface area contributed by atoms with Crippen LogP contribution in [0.3, 0.4) is 0 Å². The first-order chi connectivity index (χ1) is 7.79. The Bertz CT molecular complexity index is 463. The molecule has 0 N–H and O–H groups in total. The number of halogens is 1. The molecule has 1 saturated heterocycles. The van der Waals surface area contributed by atoms with Gasteiger partial charge in [-0.1, -0.05) is 6.07 Å². The molecule has 0 amide bonds. The van der Waals surface area contributed by atoms with E-state index in [0.717, 1.165) is 28.2 Å². The average Bonchev–Trinajstić information content (AvgIpc) is 2.90. The molecule has 2 fully saturated rings. The number of nitrogens with zero attached hydrogens (tertiary/aromatic N) is 2. The van der Waals surface area contributed by atoms with Gasteiger partial charge in [-0.25, -0.2) is 0 Å². The highest BCUT2D eigenvalue weighted by Crippen LogP contribution is 2.42. The van der Waals surface area contributed by atoms with Crippen LogP contribution in [0, 0.1) is 17.2 Å². The van der Waals surface area contributed by atoms with Crippen molar-refractivity contribution in [3.05, 3.63) is 28.2 Å². The van der Waals surface area contributed by atoms with Gasteiger partial charge in [-0.15, -0.1) is 0 Å². The predicted molar refractivity (Wildman–Crippen MR) is 67.3 cm³/mol. The summed E-state index contributed by atoms with van der Waals surface area (Å²) in [6.45, 7) is 1.13. The third kappa shape index (κ3) is 1.44.